The number of hydrogen-bond donors (Lipinski definition) is 3. The molecule has 2 fully saturated rings. The van der Waals surface area contributed by atoms with Gasteiger partial charge in [0.15, 0.2) is 0 Å². The van der Waals surface area contributed by atoms with Gasteiger partial charge in [-0.3, -0.25) is 4.79 Å². The van der Waals surface area contributed by atoms with E-state index in [9.17, 15) is 4.79 Å². The number of likely N-dealkylation sites (tertiary alicyclic amines) is 1. The van der Waals surface area contributed by atoms with Gasteiger partial charge in [-0.05, 0) is 19.2 Å². The van der Waals surface area contributed by atoms with E-state index in [1.54, 1.807) is 18.5 Å². The van der Waals surface area contributed by atoms with Crippen LogP contribution in [0.15, 0.2) is 40.8 Å². The third-order valence-electron chi connectivity index (χ3n) is 6.77. The molecular weight excluding hydrogens is 420 g/mol. The SMILES string of the molecule is CN1CCC2(CC1)Cc1cc(NC(=O)/C(C=N)=C3\N=CC=CN3)c(N3CCOCC3)cc1O2. The molecule has 1 amide bonds. The molecule has 2 saturated heterocycles. The molecule has 174 valence electrons. The van der Waals surface area contributed by atoms with Crippen molar-refractivity contribution in [2.75, 3.05) is 56.7 Å². The fourth-order valence-corrected chi connectivity index (χ4v) is 4.84. The third kappa shape index (κ3) is 4.38. The van der Waals surface area contributed by atoms with Crippen molar-refractivity contribution in [2.24, 2.45) is 4.99 Å². The van der Waals surface area contributed by atoms with Crippen LogP contribution in [0.2, 0.25) is 0 Å². The molecule has 1 spiro atoms. The van der Waals surface area contributed by atoms with Crippen LogP contribution in [0, 0.1) is 5.41 Å². The number of ether oxygens (including phenoxy) is 2. The van der Waals surface area contributed by atoms with Gasteiger partial charge in [0, 0.05) is 75.7 Å². The molecular formula is C24H30N6O3. The van der Waals surface area contributed by atoms with E-state index in [-0.39, 0.29) is 17.1 Å². The van der Waals surface area contributed by atoms with Crippen LogP contribution in [-0.2, 0) is 16.0 Å². The number of morpholine rings is 1. The van der Waals surface area contributed by atoms with Crippen molar-refractivity contribution in [2.45, 2.75) is 24.9 Å². The van der Waals surface area contributed by atoms with Gasteiger partial charge in [0.1, 0.15) is 17.2 Å². The molecule has 33 heavy (non-hydrogen) atoms. The standard InChI is InChI=1S/C24H30N6O3/c1-29-7-3-24(4-8-29)15-17-13-19(20(14-21(17)33-24)30-9-11-32-12-10-30)28-23(31)18(16-25)22-26-5-2-6-27-22/h2,5-6,13-14,16,25-26H,3-4,7-12,15H2,1H3,(H,28,31)/b22-18-,25-16?. The van der Waals surface area contributed by atoms with Gasteiger partial charge < -0.3 is 35.3 Å². The van der Waals surface area contributed by atoms with Gasteiger partial charge in [-0.15, -0.1) is 0 Å². The number of carbonyl (C=O) groups excluding carboxylic acids is 1. The summed E-state index contributed by atoms with van der Waals surface area (Å²) >= 11 is 0. The van der Waals surface area contributed by atoms with Gasteiger partial charge in [-0.25, -0.2) is 4.99 Å². The fourth-order valence-electron chi connectivity index (χ4n) is 4.84. The quantitative estimate of drug-likeness (QED) is 0.479. The first-order valence-electron chi connectivity index (χ1n) is 11.5. The number of aliphatic imine (C=N–C) groups is 1. The summed E-state index contributed by atoms with van der Waals surface area (Å²) in [4.78, 5) is 21.9. The summed E-state index contributed by atoms with van der Waals surface area (Å²) in [6.45, 7) is 4.81. The minimum absolute atomic E-state index is 0.158. The zero-order chi connectivity index (χ0) is 22.8. The van der Waals surface area contributed by atoms with Crippen LogP contribution in [0.4, 0.5) is 11.4 Å². The maximum atomic E-state index is 13.2. The predicted octanol–water partition coefficient (Wildman–Crippen LogP) is 1.91. The number of nitrogens with zero attached hydrogens (tertiary/aromatic N) is 3. The number of amides is 1. The Kier molecular flexibility index (Phi) is 5.90. The molecule has 1 aromatic carbocycles. The first-order chi connectivity index (χ1) is 16.1. The molecule has 1 aromatic rings. The number of hydrogen-bond acceptors (Lipinski definition) is 8. The van der Waals surface area contributed by atoms with Crippen molar-refractivity contribution in [3.8, 4) is 5.75 Å². The Labute approximate surface area is 193 Å². The van der Waals surface area contributed by atoms with Crippen molar-refractivity contribution in [3.05, 3.63) is 41.4 Å². The van der Waals surface area contributed by atoms with Crippen LogP contribution >= 0.6 is 0 Å². The molecule has 9 nitrogen and oxygen atoms in total. The van der Waals surface area contributed by atoms with Gasteiger partial charge in [0.05, 0.1) is 30.2 Å². The molecule has 4 aliphatic heterocycles. The van der Waals surface area contributed by atoms with Gasteiger partial charge in [-0.1, -0.05) is 0 Å². The Bertz CT molecular complexity index is 1030. The van der Waals surface area contributed by atoms with E-state index in [4.69, 9.17) is 14.9 Å². The summed E-state index contributed by atoms with van der Waals surface area (Å²) in [6, 6.07) is 4.12. The maximum Gasteiger partial charge on any atom is 0.261 e. The van der Waals surface area contributed by atoms with Gasteiger partial charge in [0.25, 0.3) is 5.91 Å². The Hall–Kier alpha value is -3.17. The van der Waals surface area contributed by atoms with Crippen molar-refractivity contribution in [1.82, 2.24) is 10.2 Å². The largest absolute Gasteiger partial charge is 0.486 e. The van der Waals surface area contributed by atoms with E-state index in [1.165, 1.54) is 0 Å². The summed E-state index contributed by atoms with van der Waals surface area (Å²) in [7, 11) is 2.15. The minimum atomic E-state index is -0.373. The summed E-state index contributed by atoms with van der Waals surface area (Å²) < 4.78 is 12.1. The van der Waals surface area contributed by atoms with Gasteiger partial charge >= 0.3 is 0 Å². The van der Waals surface area contributed by atoms with E-state index in [0.717, 1.165) is 74.3 Å². The van der Waals surface area contributed by atoms with E-state index in [0.29, 0.717) is 19.0 Å². The van der Waals surface area contributed by atoms with Gasteiger partial charge in [-0.2, -0.15) is 0 Å². The monoisotopic (exact) mass is 450 g/mol. The lowest BCUT2D eigenvalue weighted by molar-refractivity contribution is -0.112. The maximum absolute atomic E-state index is 13.2. The van der Waals surface area contributed by atoms with Crippen molar-refractivity contribution in [3.63, 3.8) is 0 Å². The summed E-state index contributed by atoms with van der Waals surface area (Å²) in [5.41, 5.74) is 2.78. The Morgan fingerprint density at radius 3 is 2.73 bits per heavy atom. The molecule has 5 rings (SSSR count). The molecule has 3 N–H and O–H groups in total. The van der Waals surface area contributed by atoms with E-state index < -0.39 is 0 Å². The predicted molar refractivity (Wildman–Crippen MR) is 128 cm³/mol. The van der Waals surface area contributed by atoms with Crippen LogP contribution in [-0.4, -0.2) is 75.3 Å². The van der Waals surface area contributed by atoms with E-state index >= 15 is 0 Å². The molecule has 0 atom stereocenters. The highest BCUT2D eigenvalue weighted by atomic mass is 16.5. The first-order valence-corrected chi connectivity index (χ1v) is 11.5. The van der Waals surface area contributed by atoms with E-state index in [1.807, 2.05) is 0 Å². The normalized spacial score (nSPS) is 23.0. The molecule has 4 heterocycles. The van der Waals surface area contributed by atoms with Crippen molar-refractivity contribution in [1.29, 1.82) is 5.41 Å². The molecule has 4 aliphatic rings. The molecule has 0 radical (unpaired) electrons. The summed E-state index contributed by atoms with van der Waals surface area (Å²) in [5.74, 6) is 0.892. The number of carbonyl (C=O) groups is 1. The minimum Gasteiger partial charge on any atom is -0.486 e. The van der Waals surface area contributed by atoms with Crippen LogP contribution in [0.25, 0.3) is 0 Å². The van der Waals surface area contributed by atoms with Crippen molar-refractivity contribution >= 4 is 29.7 Å². The highest BCUT2D eigenvalue weighted by molar-refractivity contribution is 6.18. The molecule has 9 heteroatoms. The lowest BCUT2D eigenvalue weighted by Crippen LogP contribution is -2.45. The Morgan fingerprint density at radius 1 is 1.24 bits per heavy atom. The van der Waals surface area contributed by atoms with E-state index in [2.05, 4.69) is 44.6 Å². The van der Waals surface area contributed by atoms with Crippen LogP contribution < -0.4 is 20.3 Å². The smallest absolute Gasteiger partial charge is 0.261 e. The summed E-state index contributed by atoms with van der Waals surface area (Å²) in [5, 5.41) is 13.8. The topological polar surface area (TPSA) is 102 Å². The Balaban J connectivity index is 1.46. The number of nitrogens with one attached hydrogen (secondary N) is 3. The number of benzene rings is 1. The molecule has 0 bridgehead atoms. The highest BCUT2D eigenvalue weighted by Crippen LogP contribution is 2.45. The summed E-state index contributed by atoms with van der Waals surface area (Å²) in [6.07, 6.45) is 8.88. The number of fused-ring (bicyclic) bond motifs is 1. The average molecular weight is 451 g/mol. The van der Waals surface area contributed by atoms with Crippen molar-refractivity contribution < 1.29 is 14.3 Å². The molecule has 0 aliphatic carbocycles. The Morgan fingerprint density at radius 2 is 2.03 bits per heavy atom. The first kappa shape index (κ1) is 21.7. The average Bonchev–Trinajstić information content (AvgIpc) is 3.19. The van der Waals surface area contributed by atoms with Crippen LogP contribution in [0.3, 0.4) is 0 Å². The zero-order valence-electron chi connectivity index (χ0n) is 18.9. The second kappa shape index (κ2) is 8.99. The fraction of sp³-hybridized carbons (Fsp3) is 0.458. The molecule has 0 aromatic heterocycles. The highest BCUT2D eigenvalue weighted by Gasteiger charge is 2.42. The number of anilines is 2. The third-order valence-corrected chi connectivity index (χ3v) is 6.77. The lowest BCUT2D eigenvalue weighted by atomic mass is 9.87. The lowest BCUT2D eigenvalue weighted by Gasteiger charge is -2.37. The second-order valence-corrected chi connectivity index (χ2v) is 8.98. The van der Waals surface area contributed by atoms with Gasteiger partial charge in [0.2, 0.25) is 0 Å². The molecule has 0 saturated carbocycles. The number of rotatable bonds is 4. The van der Waals surface area contributed by atoms with Crippen LogP contribution in [0.1, 0.15) is 18.4 Å². The second-order valence-electron chi connectivity index (χ2n) is 8.98. The van der Waals surface area contributed by atoms with Crippen LogP contribution in [0.5, 0.6) is 5.75 Å². The molecule has 0 unspecified atom stereocenters. The zero-order valence-corrected chi connectivity index (χ0v) is 18.9. The number of piperidine rings is 1. The number of allylic oxidation sites excluding steroid dienone is 1.